The summed E-state index contributed by atoms with van der Waals surface area (Å²) in [5.74, 6) is 0. The van der Waals surface area contributed by atoms with Gasteiger partial charge in [-0.1, -0.05) is 184 Å². The first kappa shape index (κ1) is 33.4. The van der Waals surface area contributed by atoms with Gasteiger partial charge in [0.1, 0.15) is 0 Å². The minimum absolute atomic E-state index is 0.118. The molecule has 0 atom stereocenters. The Morgan fingerprint density at radius 3 is 1.58 bits per heavy atom. The molecule has 0 N–H and O–H groups in total. The molecular formula is C56H41N. The van der Waals surface area contributed by atoms with Crippen molar-refractivity contribution in [3.8, 4) is 33.4 Å². The molecular weight excluding hydrogens is 687 g/mol. The predicted octanol–water partition coefficient (Wildman–Crippen LogP) is 14.6. The van der Waals surface area contributed by atoms with Crippen molar-refractivity contribution in [3.05, 3.63) is 246 Å². The van der Waals surface area contributed by atoms with E-state index in [4.69, 9.17) is 0 Å². The van der Waals surface area contributed by atoms with Crippen LogP contribution >= 0.6 is 0 Å². The predicted molar refractivity (Wildman–Crippen MR) is 239 cm³/mol. The highest BCUT2D eigenvalue weighted by atomic mass is 15.1. The van der Waals surface area contributed by atoms with Crippen LogP contribution in [0.25, 0.3) is 44.2 Å². The van der Waals surface area contributed by atoms with Gasteiger partial charge in [-0.2, -0.15) is 0 Å². The normalized spacial score (nSPS) is 14.1. The van der Waals surface area contributed by atoms with E-state index in [2.05, 4.69) is 231 Å². The molecule has 1 heteroatoms. The zero-order chi connectivity index (χ0) is 38.1. The number of hydrogen-bond acceptors (Lipinski definition) is 1. The second-order valence-electron chi connectivity index (χ2n) is 16.1. The van der Waals surface area contributed by atoms with Crippen LogP contribution in [-0.2, 0) is 10.8 Å². The van der Waals surface area contributed by atoms with Crippen LogP contribution in [0.2, 0.25) is 0 Å². The van der Waals surface area contributed by atoms with Crippen LogP contribution in [0.3, 0.4) is 0 Å². The van der Waals surface area contributed by atoms with Crippen LogP contribution in [0.5, 0.6) is 0 Å². The molecule has 1 nitrogen and oxygen atoms in total. The summed E-state index contributed by atoms with van der Waals surface area (Å²) in [6.07, 6.45) is 0. The van der Waals surface area contributed by atoms with Gasteiger partial charge in [0, 0.05) is 22.5 Å². The van der Waals surface area contributed by atoms with Crippen LogP contribution < -0.4 is 4.90 Å². The number of rotatable bonds is 6. The Bertz CT molecular complexity index is 2940. The van der Waals surface area contributed by atoms with Crippen molar-refractivity contribution in [2.45, 2.75) is 24.7 Å². The van der Waals surface area contributed by atoms with Crippen LogP contribution in [0.15, 0.2) is 212 Å². The molecule has 270 valence electrons. The van der Waals surface area contributed by atoms with Gasteiger partial charge < -0.3 is 4.90 Å². The number of anilines is 3. The molecule has 0 spiro atoms. The quantitative estimate of drug-likeness (QED) is 0.165. The van der Waals surface area contributed by atoms with E-state index in [1.54, 1.807) is 0 Å². The van der Waals surface area contributed by atoms with Gasteiger partial charge in [0.25, 0.3) is 0 Å². The summed E-state index contributed by atoms with van der Waals surface area (Å²) < 4.78 is 0. The fourth-order valence-corrected chi connectivity index (χ4v) is 10.0. The maximum absolute atomic E-state index is 2.47. The van der Waals surface area contributed by atoms with Crippen molar-refractivity contribution in [1.29, 1.82) is 0 Å². The minimum Gasteiger partial charge on any atom is -0.310 e. The molecule has 0 aromatic heterocycles. The second-order valence-corrected chi connectivity index (χ2v) is 16.1. The van der Waals surface area contributed by atoms with Gasteiger partial charge in [-0.25, -0.2) is 0 Å². The van der Waals surface area contributed by atoms with E-state index in [1.165, 1.54) is 77.5 Å². The maximum Gasteiger partial charge on any atom is 0.0713 e. The molecule has 0 bridgehead atoms. The lowest BCUT2D eigenvalue weighted by atomic mass is 9.67. The van der Waals surface area contributed by atoms with E-state index in [9.17, 15) is 0 Å². The summed E-state index contributed by atoms with van der Waals surface area (Å²) in [6, 6.07) is 78.9. The average molecular weight is 728 g/mol. The lowest BCUT2D eigenvalue weighted by Crippen LogP contribution is -2.28. The topological polar surface area (TPSA) is 3.24 Å². The van der Waals surface area contributed by atoms with Crippen molar-refractivity contribution >= 4 is 27.8 Å². The molecule has 9 aromatic carbocycles. The van der Waals surface area contributed by atoms with Crippen molar-refractivity contribution in [1.82, 2.24) is 0 Å². The van der Waals surface area contributed by atoms with E-state index in [-0.39, 0.29) is 5.41 Å². The zero-order valence-electron chi connectivity index (χ0n) is 32.2. The van der Waals surface area contributed by atoms with E-state index >= 15 is 0 Å². The molecule has 9 aromatic rings. The Balaban J connectivity index is 1.18. The molecule has 0 amide bonds. The van der Waals surface area contributed by atoms with Gasteiger partial charge in [-0.05, 0) is 120 Å². The molecule has 0 radical (unpaired) electrons. The SMILES string of the molecule is CC1(C)c2ccccc2-c2ccc(N(c3ccc4c(c3)-c3cc(-c5ccccc5)ccc3C4(c3ccccc3)c3ccccc3)c3ccc4ccccc4c3)cc21. The van der Waals surface area contributed by atoms with E-state index in [0.29, 0.717) is 0 Å². The van der Waals surface area contributed by atoms with E-state index in [0.717, 1.165) is 17.1 Å². The fraction of sp³-hybridized carbons (Fsp3) is 0.0714. The Morgan fingerprint density at radius 1 is 0.316 bits per heavy atom. The molecule has 0 saturated heterocycles. The minimum atomic E-state index is -0.488. The van der Waals surface area contributed by atoms with Gasteiger partial charge in [0.2, 0.25) is 0 Å². The Labute approximate surface area is 335 Å². The van der Waals surface area contributed by atoms with Crippen LogP contribution in [0.4, 0.5) is 17.1 Å². The first-order valence-corrected chi connectivity index (χ1v) is 20.0. The molecule has 11 rings (SSSR count). The first-order valence-electron chi connectivity index (χ1n) is 20.0. The maximum atomic E-state index is 2.47. The highest BCUT2D eigenvalue weighted by Crippen LogP contribution is 2.58. The average Bonchev–Trinajstić information content (AvgIpc) is 3.69. The standard InChI is InChI=1S/C56H41N/c1-55(2)51-25-15-14-24-47(51)48-31-29-46(37-54(48)55)57(44-28-26-39-18-12-13-19-40(39)34-44)45-30-33-53-50(36-45)49-35-41(38-16-6-3-7-17-38)27-32-52(49)56(53,42-20-8-4-9-21-42)43-22-10-5-11-23-43/h3-37H,1-2H3. The van der Waals surface area contributed by atoms with Gasteiger partial charge in [-0.3, -0.25) is 0 Å². The Hall–Kier alpha value is -6.96. The van der Waals surface area contributed by atoms with Crippen molar-refractivity contribution in [3.63, 3.8) is 0 Å². The largest absolute Gasteiger partial charge is 0.310 e. The summed E-state index contributed by atoms with van der Waals surface area (Å²) in [5, 5.41) is 2.46. The molecule has 2 aliphatic carbocycles. The number of nitrogens with zero attached hydrogens (tertiary/aromatic N) is 1. The summed E-state index contributed by atoms with van der Waals surface area (Å²) in [5.41, 5.74) is 18.3. The molecule has 0 fully saturated rings. The van der Waals surface area contributed by atoms with Gasteiger partial charge in [-0.15, -0.1) is 0 Å². The summed E-state index contributed by atoms with van der Waals surface area (Å²) in [6.45, 7) is 4.73. The molecule has 0 heterocycles. The van der Waals surface area contributed by atoms with Gasteiger partial charge >= 0.3 is 0 Å². The third kappa shape index (κ3) is 5.02. The highest BCUT2D eigenvalue weighted by molar-refractivity contribution is 5.94. The van der Waals surface area contributed by atoms with Crippen LogP contribution in [0.1, 0.15) is 47.2 Å². The van der Waals surface area contributed by atoms with E-state index in [1.807, 2.05) is 0 Å². The highest BCUT2D eigenvalue weighted by Gasteiger charge is 2.46. The summed E-state index contributed by atoms with van der Waals surface area (Å²) in [7, 11) is 0. The molecule has 0 unspecified atom stereocenters. The number of benzene rings is 9. The number of hydrogen-bond donors (Lipinski definition) is 0. The molecule has 2 aliphatic rings. The molecule has 57 heavy (non-hydrogen) atoms. The first-order chi connectivity index (χ1) is 28.0. The second kappa shape index (κ2) is 12.8. The fourth-order valence-electron chi connectivity index (χ4n) is 10.0. The Morgan fingerprint density at radius 2 is 0.842 bits per heavy atom. The van der Waals surface area contributed by atoms with E-state index < -0.39 is 5.41 Å². The van der Waals surface area contributed by atoms with Gasteiger partial charge in [0.05, 0.1) is 5.41 Å². The number of fused-ring (bicyclic) bond motifs is 7. The lowest BCUT2D eigenvalue weighted by Gasteiger charge is -2.34. The van der Waals surface area contributed by atoms with Crippen molar-refractivity contribution in [2.24, 2.45) is 0 Å². The summed E-state index contributed by atoms with van der Waals surface area (Å²) in [4.78, 5) is 2.47. The molecule has 0 aliphatic heterocycles. The Kier molecular flexibility index (Phi) is 7.50. The van der Waals surface area contributed by atoms with Crippen LogP contribution in [0, 0.1) is 0 Å². The van der Waals surface area contributed by atoms with Crippen molar-refractivity contribution < 1.29 is 0 Å². The monoisotopic (exact) mass is 727 g/mol. The van der Waals surface area contributed by atoms with Crippen molar-refractivity contribution in [2.75, 3.05) is 4.90 Å². The summed E-state index contributed by atoms with van der Waals surface area (Å²) >= 11 is 0. The smallest absolute Gasteiger partial charge is 0.0713 e. The molecule has 0 saturated carbocycles. The van der Waals surface area contributed by atoms with Crippen LogP contribution in [-0.4, -0.2) is 0 Å². The zero-order valence-corrected chi connectivity index (χ0v) is 32.2. The third-order valence-electron chi connectivity index (χ3n) is 12.7. The lowest BCUT2D eigenvalue weighted by molar-refractivity contribution is 0.660. The third-order valence-corrected chi connectivity index (χ3v) is 12.7. The van der Waals surface area contributed by atoms with Gasteiger partial charge in [0.15, 0.2) is 0 Å².